The summed E-state index contributed by atoms with van der Waals surface area (Å²) in [6.45, 7) is 0. The fourth-order valence-corrected chi connectivity index (χ4v) is 1.37. The Morgan fingerprint density at radius 2 is 2.06 bits per heavy atom. The number of methoxy groups -OCH3 is 1. The molecule has 0 atom stereocenters. The number of hydrogen-bond donors (Lipinski definition) is 2. The zero-order valence-electron chi connectivity index (χ0n) is 9.45. The van der Waals surface area contributed by atoms with Crippen molar-refractivity contribution in [1.82, 2.24) is 9.97 Å². The molecular weight excluding hydrogens is 242 g/mol. The van der Waals surface area contributed by atoms with Crippen molar-refractivity contribution in [3.63, 3.8) is 0 Å². The summed E-state index contributed by atoms with van der Waals surface area (Å²) in [4.78, 5) is 7.61. The normalized spacial score (nSPS) is 10.2. The average Bonchev–Trinajstić information content (AvgIpc) is 2.37. The highest BCUT2D eigenvalue weighted by Crippen LogP contribution is 2.28. The van der Waals surface area contributed by atoms with Gasteiger partial charge in [-0.05, 0) is 12.1 Å². The van der Waals surface area contributed by atoms with Gasteiger partial charge in [-0.25, -0.2) is 13.8 Å². The van der Waals surface area contributed by atoms with Gasteiger partial charge in [0, 0.05) is 0 Å². The van der Waals surface area contributed by atoms with E-state index in [1.165, 1.54) is 25.6 Å². The summed E-state index contributed by atoms with van der Waals surface area (Å²) in [6, 6.07) is 3.76. The van der Waals surface area contributed by atoms with Crippen LogP contribution in [0.15, 0.2) is 24.5 Å². The van der Waals surface area contributed by atoms with Crippen molar-refractivity contribution >= 4 is 17.2 Å². The van der Waals surface area contributed by atoms with Gasteiger partial charge >= 0.3 is 0 Å². The molecule has 0 fully saturated rings. The zero-order valence-corrected chi connectivity index (χ0v) is 9.45. The lowest BCUT2D eigenvalue weighted by Gasteiger charge is -2.10. The number of nitrogens with one attached hydrogen (secondary N) is 1. The smallest absolute Gasteiger partial charge is 0.242 e. The maximum absolute atomic E-state index is 13.4. The molecule has 0 amide bonds. The first-order valence-corrected chi connectivity index (χ1v) is 4.99. The van der Waals surface area contributed by atoms with E-state index in [0.717, 1.165) is 6.07 Å². The Kier molecular flexibility index (Phi) is 3.22. The van der Waals surface area contributed by atoms with Crippen molar-refractivity contribution in [2.45, 2.75) is 0 Å². The number of halogens is 2. The maximum Gasteiger partial charge on any atom is 0.242 e. The number of hydrogen-bond acceptors (Lipinski definition) is 5. The van der Waals surface area contributed by atoms with Gasteiger partial charge in [0.2, 0.25) is 5.88 Å². The minimum Gasteiger partial charge on any atom is -0.479 e. The molecule has 94 valence electrons. The Morgan fingerprint density at radius 1 is 1.28 bits per heavy atom. The molecule has 0 bridgehead atoms. The highest BCUT2D eigenvalue weighted by atomic mass is 19.2. The Balaban J connectivity index is 2.37. The molecule has 0 unspecified atom stereocenters. The fourth-order valence-electron chi connectivity index (χ4n) is 1.37. The molecular formula is C11H10F2N4O. The first-order chi connectivity index (χ1) is 8.63. The molecule has 0 saturated carbocycles. The predicted molar refractivity (Wildman–Crippen MR) is 62.6 cm³/mol. The van der Waals surface area contributed by atoms with Crippen LogP contribution in [0.25, 0.3) is 0 Å². The van der Waals surface area contributed by atoms with Crippen molar-refractivity contribution in [2.24, 2.45) is 0 Å². The van der Waals surface area contributed by atoms with Crippen LogP contribution >= 0.6 is 0 Å². The Labute approximate surface area is 102 Å². The fraction of sp³-hybridized carbons (Fsp3) is 0.0909. The van der Waals surface area contributed by atoms with Gasteiger partial charge in [0.05, 0.1) is 12.8 Å². The first kappa shape index (κ1) is 12.0. The summed E-state index contributed by atoms with van der Waals surface area (Å²) < 4.78 is 31.4. The molecule has 1 heterocycles. The summed E-state index contributed by atoms with van der Waals surface area (Å²) >= 11 is 0. The molecule has 2 rings (SSSR count). The molecule has 0 aliphatic rings. The van der Waals surface area contributed by atoms with E-state index in [9.17, 15) is 8.78 Å². The summed E-state index contributed by atoms with van der Waals surface area (Å²) in [6.07, 6.45) is 1.20. The van der Waals surface area contributed by atoms with Crippen LogP contribution < -0.4 is 15.8 Å². The zero-order chi connectivity index (χ0) is 13.1. The minimum atomic E-state index is -1.01. The van der Waals surface area contributed by atoms with Gasteiger partial charge in [0.25, 0.3) is 0 Å². The quantitative estimate of drug-likeness (QED) is 0.875. The van der Waals surface area contributed by atoms with Crippen LogP contribution in [0.1, 0.15) is 0 Å². The molecule has 0 saturated heterocycles. The molecule has 0 spiro atoms. The summed E-state index contributed by atoms with van der Waals surface area (Å²) in [5.74, 6) is -1.66. The van der Waals surface area contributed by atoms with E-state index >= 15 is 0 Å². The molecule has 2 aromatic rings. The largest absolute Gasteiger partial charge is 0.479 e. The topological polar surface area (TPSA) is 73.1 Å². The number of nitrogens with zero attached hydrogens (tertiary/aromatic N) is 2. The minimum absolute atomic E-state index is 0.0672. The van der Waals surface area contributed by atoms with Crippen molar-refractivity contribution in [1.29, 1.82) is 0 Å². The van der Waals surface area contributed by atoms with Gasteiger partial charge in [-0.15, -0.1) is 0 Å². The molecule has 7 heteroatoms. The van der Waals surface area contributed by atoms with Gasteiger partial charge in [0.1, 0.15) is 12.0 Å². The average molecular weight is 252 g/mol. The third kappa shape index (κ3) is 2.15. The highest BCUT2D eigenvalue weighted by Gasteiger charge is 2.12. The number of rotatable bonds is 3. The van der Waals surface area contributed by atoms with Crippen LogP contribution in [0.3, 0.4) is 0 Å². The van der Waals surface area contributed by atoms with Gasteiger partial charge < -0.3 is 15.8 Å². The molecule has 0 aliphatic carbocycles. The molecule has 3 N–H and O–H groups in total. The SMILES string of the molecule is COc1ncnc(Nc2cccc(F)c2F)c1N. The van der Waals surface area contributed by atoms with Crippen molar-refractivity contribution < 1.29 is 13.5 Å². The Hall–Kier alpha value is -2.44. The highest BCUT2D eigenvalue weighted by molar-refractivity contribution is 5.72. The van der Waals surface area contributed by atoms with Gasteiger partial charge in [-0.3, -0.25) is 0 Å². The monoisotopic (exact) mass is 252 g/mol. The number of benzene rings is 1. The van der Waals surface area contributed by atoms with Gasteiger partial charge in [-0.1, -0.05) is 6.07 Å². The third-order valence-electron chi connectivity index (χ3n) is 2.25. The second kappa shape index (κ2) is 4.82. The second-order valence-corrected chi connectivity index (χ2v) is 3.37. The van der Waals surface area contributed by atoms with Crippen LogP contribution in [0.5, 0.6) is 5.88 Å². The second-order valence-electron chi connectivity index (χ2n) is 3.37. The number of nitrogen functional groups attached to an aromatic ring is 1. The standard InChI is InChI=1S/C11H10F2N4O/c1-18-11-9(14)10(15-5-16-11)17-7-4-2-3-6(12)8(7)13/h2-5H,14H2,1H3,(H,15,16,17). The van der Waals surface area contributed by atoms with Crippen LogP contribution in [0.4, 0.5) is 26.0 Å². The van der Waals surface area contributed by atoms with E-state index in [1.54, 1.807) is 0 Å². The van der Waals surface area contributed by atoms with Gasteiger partial charge in [-0.2, -0.15) is 4.98 Å². The van der Waals surface area contributed by atoms with Crippen LogP contribution in [-0.4, -0.2) is 17.1 Å². The molecule has 0 aliphatic heterocycles. The lowest BCUT2D eigenvalue weighted by Crippen LogP contribution is -2.04. The number of anilines is 3. The Bertz CT molecular complexity index is 577. The Morgan fingerprint density at radius 3 is 2.78 bits per heavy atom. The van der Waals surface area contributed by atoms with Crippen molar-refractivity contribution in [3.8, 4) is 5.88 Å². The van der Waals surface area contributed by atoms with E-state index in [2.05, 4.69) is 15.3 Å². The molecule has 0 radical (unpaired) electrons. The van der Waals surface area contributed by atoms with Gasteiger partial charge in [0.15, 0.2) is 17.5 Å². The lowest BCUT2D eigenvalue weighted by atomic mass is 10.3. The van der Waals surface area contributed by atoms with Crippen LogP contribution in [-0.2, 0) is 0 Å². The predicted octanol–water partition coefficient (Wildman–Crippen LogP) is 2.09. The summed E-state index contributed by atoms with van der Waals surface area (Å²) in [5.41, 5.74) is 5.75. The molecule has 18 heavy (non-hydrogen) atoms. The maximum atomic E-state index is 13.4. The van der Waals surface area contributed by atoms with Crippen molar-refractivity contribution in [3.05, 3.63) is 36.2 Å². The number of ether oxygens (including phenoxy) is 1. The van der Waals surface area contributed by atoms with E-state index in [1.807, 2.05) is 0 Å². The molecule has 5 nitrogen and oxygen atoms in total. The van der Waals surface area contributed by atoms with E-state index in [4.69, 9.17) is 10.5 Å². The van der Waals surface area contributed by atoms with Crippen LogP contribution in [0, 0.1) is 11.6 Å². The summed E-state index contributed by atoms with van der Waals surface area (Å²) in [7, 11) is 1.39. The lowest BCUT2D eigenvalue weighted by molar-refractivity contribution is 0.399. The molecule has 1 aromatic heterocycles. The van der Waals surface area contributed by atoms with E-state index in [-0.39, 0.29) is 23.1 Å². The number of aromatic nitrogens is 2. The van der Waals surface area contributed by atoms with E-state index in [0.29, 0.717) is 0 Å². The van der Waals surface area contributed by atoms with Crippen LogP contribution in [0.2, 0.25) is 0 Å². The van der Waals surface area contributed by atoms with Crippen molar-refractivity contribution in [2.75, 3.05) is 18.2 Å². The molecule has 1 aromatic carbocycles. The summed E-state index contributed by atoms with van der Waals surface area (Å²) in [5, 5.41) is 2.58. The number of nitrogens with two attached hydrogens (primary N) is 1. The first-order valence-electron chi connectivity index (χ1n) is 4.99. The third-order valence-corrected chi connectivity index (χ3v) is 2.25. The van der Waals surface area contributed by atoms with E-state index < -0.39 is 11.6 Å².